The second kappa shape index (κ2) is 8.65. The van der Waals surface area contributed by atoms with Crippen molar-refractivity contribution in [1.29, 1.82) is 0 Å². The van der Waals surface area contributed by atoms with E-state index in [1.54, 1.807) is 42.7 Å². The number of halogens is 2. The Labute approximate surface area is 194 Å². The zero-order valence-electron chi connectivity index (χ0n) is 17.2. The summed E-state index contributed by atoms with van der Waals surface area (Å²) < 4.78 is 5.34. The molecule has 1 saturated heterocycles. The first-order valence-electron chi connectivity index (χ1n) is 9.64. The third-order valence-corrected chi connectivity index (χ3v) is 5.69. The molecule has 3 aromatic rings. The Bertz CT molecular complexity index is 1260. The van der Waals surface area contributed by atoms with Gasteiger partial charge >= 0.3 is 0 Å². The summed E-state index contributed by atoms with van der Waals surface area (Å²) in [6.45, 7) is 1.89. The maximum absolute atomic E-state index is 13.2. The number of nitrogens with zero attached hydrogens (tertiary/aromatic N) is 2. The number of carbonyl (C=O) groups is 2. The summed E-state index contributed by atoms with van der Waals surface area (Å²) in [4.78, 5) is 31.9. The number of aryl methyl sites for hydroxylation is 1. The van der Waals surface area contributed by atoms with E-state index in [2.05, 4.69) is 4.98 Å². The molecule has 2 heterocycles. The Morgan fingerprint density at radius 2 is 1.91 bits per heavy atom. The van der Waals surface area contributed by atoms with Gasteiger partial charge in [-0.3, -0.25) is 19.5 Å². The number of hydrogen-bond donors (Lipinski definition) is 1. The minimum absolute atomic E-state index is 0.110. The number of methoxy groups -OCH3 is 1. The second-order valence-electron chi connectivity index (χ2n) is 7.26. The standard InChI is InChI=1S/C24H18Cl2N2O4/c1-13-5-3-7-16(9-13)28-20(14-6-4-8-27-12-14)19(22(30)24(28)31)21(29)17-10-15(25)11-18(26)23(17)32-2/h3-12,20,29H,1-2H3/b21-19+. The molecule has 0 saturated carbocycles. The average Bonchev–Trinajstić information content (AvgIpc) is 3.04. The van der Waals surface area contributed by atoms with Gasteiger partial charge in [0.15, 0.2) is 0 Å². The summed E-state index contributed by atoms with van der Waals surface area (Å²) >= 11 is 12.4. The van der Waals surface area contributed by atoms with Gasteiger partial charge in [0.2, 0.25) is 0 Å². The number of amides is 1. The van der Waals surface area contributed by atoms with Crippen molar-refractivity contribution in [3.63, 3.8) is 0 Å². The molecule has 1 fully saturated rings. The lowest BCUT2D eigenvalue weighted by Gasteiger charge is -2.25. The topological polar surface area (TPSA) is 79.7 Å². The van der Waals surface area contributed by atoms with E-state index in [-0.39, 0.29) is 26.9 Å². The van der Waals surface area contributed by atoms with Crippen LogP contribution >= 0.6 is 23.2 Å². The van der Waals surface area contributed by atoms with E-state index >= 15 is 0 Å². The van der Waals surface area contributed by atoms with Crippen LogP contribution in [0.2, 0.25) is 10.0 Å². The number of carbonyl (C=O) groups excluding carboxylic acids is 2. The number of hydrogen-bond acceptors (Lipinski definition) is 5. The maximum atomic E-state index is 13.2. The third kappa shape index (κ3) is 3.72. The predicted molar refractivity (Wildman–Crippen MR) is 123 cm³/mol. The van der Waals surface area contributed by atoms with Gasteiger partial charge in [0, 0.05) is 23.1 Å². The highest BCUT2D eigenvalue weighted by Gasteiger charge is 2.47. The number of Topliss-reactive ketones (excluding diaryl/α,β-unsaturated/α-hetero) is 1. The van der Waals surface area contributed by atoms with Crippen molar-refractivity contribution in [3.8, 4) is 5.75 Å². The molecule has 1 aliphatic heterocycles. The SMILES string of the molecule is COc1c(Cl)cc(Cl)cc1/C(O)=C1\C(=O)C(=O)N(c2cccc(C)c2)C1c1cccnc1. The Hall–Kier alpha value is -3.35. The normalized spacial score (nSPS) is 17.6. The van der Waals surface area contributed by atoms with Gasteiger partial charge in [-0.05, 0) is 48.4 Å². The first-order valence-corrected chi connectivity index (χ1v) is 10.4. The lowest BCUT2D eigenvalue weighted by Crippen LogP contribution is -2.29. The van der Waals surface area contributed by atoms with E-state index in [0.717, 1.165) is 5.56 Å². The van der Waals surface area contributed by atoms with Crippen LogP contribution in [-0.4, -0.2) is 28.9 Å². The van der Waals surface area contributed by atoms with Gasteiger partial charge in [0.05, 0.1) is 29.3 Å². The van der Waals surface area contributed by atoms with E-state index < -0.39 is 23.5 Å². The molecule has 1 aliphatic rings. The Morgan fingerprint density at radius 1 is 1.12 bits per heavy atom. The van der Waals surface area contributed by atoms with Crippen LogP contribution in [0.1, 0.15) is 22.7 Å². The molecule has 8 heteroatoms. The molecule has 6 nitrogen and oxygen atoms in total. The van der Waals surface area contributed by atoms with Crippen molar-refractivity contribution in [3.05, 3.63) is 93.2 Å². The average molecular weight is 469 g/mol. The highest BCUT2D eigenvalue weighted by Crippen LogP contribution is 2.44. The molecule has 1 atom stereocenters. The largest absolute Gasteiger partial charge is 0.507 e. The van der Waals surface area contributed by atoms with Gasteiger partial charge < -0.3 is 9.84 Å². The predicted octanol–water partition coefficient (Wildman–Crippen LogP) is 5.33. The van der Waals surface area contributed by atoms with Gasteiger partial charge in [-0.25, -0.2) is 0 Å². The highest BCUT2D eigenvalue weighted by atomic mass is 35.5. The van der Waals surface area contributed by atoms with E-state index in [9.17, 15) is 14.7 Å². The number of aromatic nitrogens is 1. The van der Waals surface area contributed by atoms with Crippen molar-refractivity contribution in [2.75, 3.05) is 12.0 Å². The number of anilines is 1. The molecule has 0 aliphatic carbocycles. The second-order valence-corrected chi connectivity index (χ2v) is 8.11. The number of ketones is 1. The number of pyridine rings is 1. The lowest BCUT2D eigenvalue weighted by molar-refractivity contribution is -0.132. The molecule has 1 amide bonds. The van der Waals surface area contributed by atoms with Gasteiger partial charge in [0.25, 0.3) is 11.7 Å². The van der Waals surface area contributed by atoms with Gasteiger partial charge in [-0.15, -0.1) is 0 Å². The number of benzene rings is 2. The van der Waals surface area contributed by atoms with Crippen molar-refractivity contribution in [1.82, 2.24) is 4.98 Å². The van der Waals surface area contributed by atoms with Crippen LogP contribution in [0.5, 0.6) is 5.75 Å². The Balaban J connectivity index is 2.01. The summed E-state index contributed by atoms with van der Waals surface area (Å²) in [7, 11) is 1.38. The zero-order chi connectivity index (χ0) is 23.0. The highest BCUT2D eigenvalue weighted by molar-refractivity contribution is 6.51. The summed E-state index contributed by atoms with van der Waals surface area (Å²) in [5.41, 5.74) is 2.00. The molecule has 1 N–H and O–H groups in total. The molecule has 32 heavy (non-hydrogen) atoms. The number of aliphatic hydroxyl groups excluding tert-OH is 1. The Morgan fingerprint density at radius 3 is 2.56 bits per heavy atom. The molecule has 0 bridgehead atoms. The van der Waals surface area contributed by atoms with Crippen LogP contribution < -0.4 is 9.64 Å². The number of rotatable bonds is 4. The summed E-state index contributed by atoms with van der Waals surface area (Å²) in [6.07, 6.45) is 3.14. The maximum Gasteiger partial charge on any atom is 0.300 e. The Kier molecular flexibility index (Phi) is 5.91. The van der Waals surface area contributed by atoms with Crippen LogP contribution in [0.15, 0.2) is 66.5 Å². The van der Waals surface area contributed by atoms with E-state index in [0.29, 0.717) is 11.3 Å². The van der Waals surface area contributed by atoms with Gasteiger partial charge in [0.1, 0.15) is 11.5 Å². The fraction of sp³-hybridized carbons (Fsp3) is 0.125. The minimum atomic E-state index is -0.909. The first-order chi connectivity index (χ1) is 15.3. The minimum Gasteiger partial charge on any atom is -0.507 e. The third-order valence-electron chi connectivity index (χ3n) is 5.19. The molecular formula is C24H18Cl2N2O4. The van der Waals surface area contributed by atoms with Crippen LogP contribution in [0, 0.1) is 6.92 Å². The summed E-state index contributed by atoms with van der Waals surface area (Å²) in [6, 6.07) is 12.6. The quantitative estimate of drug-likeness (QED) is 0.317. The smallest absolute Gasteiger partial charge is 0.300 e. The molecule has 2 aromatic carbocycles. The molecular weight excluding hydrogens is 451 g/mol. The van der Waals surface area contributed by atoms with Crippen LogP contribution in [0.3, 0.4) is 0 Å². The lowest BCUT2D eigenvalue weighted by atomic mass is 9.95. The van der Waals surface area contributed by atoms with E-state index in [1.807, 2.05) is 13.0 Å². The van der Waals surface area contributed by atoms with Crippen molar-refractivity contribution in [2.24, 2.45) is 0 Å². The molecule has 162 valence electrons. The van der Waals surface area contributed by atoms with Crippen molar-refractivity contribution in [2.45, 2.75) is 13.0 Å². The molecule has 0 spiro atoms. The van der Waals surface area contributed by atoms with Crippen molar-refractivity contribution >= 4 is 46.3 Å². The van der Waals surface area contributed by atoms with Crippen molar-refractivity contribution < 1.29 is 19.4 Å². The molecule has 1 aromatic heterocycles. The van der Waals surface area contributed by atoms with Gasteiger partial charge in [-0.2, -0.15) is 0 Å². The van der Waals surface area contributed by atoms with E-state index in [4.69, 9.17) is 27.9 Å². The molecule has 0 radical (unpaired) electrons. The first kappa shape index (κ1) is 21.9. The van der Waals surface area contributed by atoms with Crippen LogP contribution in [-0.2, 0) is 9.59 Å². The summed E-state index contributed by atoms with van der Waals surface area (Å²) in [5, 5.41) is 11.7. The van der Waals surface area contributed by atoms with E-state index in [1.165, 1.54) is 24.1 Å². The molecule has 1 unspecified atom stereocenters. The fourth-order valence-electron chi connectivity index (χ4n) is 3.82. The number of aliphatic hydroxyl groups is 1. The zero-order valence-corrected chi connectivity index (χ0v) is 18.7. The summed E-state index contributed by atoms with van der Waals surface area (Å²) in [5.74, 6) is -1.90. The number of ether oxygens (including phenoxy) is 1. The van der Waals surface area contributed by atoms with Gasteiger partial charge in [-0.1, -0.05) is 41.4 Å². The molecule has 4 rings (SSSR count). The van der Waals surface area contributed by atoms with Crippen LogP contribution in [0.25, 0.3) is 5.76 Å². The van der Waals surface area contributed by atoms with Crippen LogP contribution in [0.4, 0.5) is 5.69 Å². The monoisotopic (exact) mass is 468 g/mol. The fourth-order valence-corrected chi connectivity index (χ4v) is 4.39.